The number of anilines is 2. The maximum Gasteiger partial charge on any atom is 0.421 e. The van der Waals surface area contributed by atoms with Crippen LogP contribution in [0.1, 0.15) is 36.6 Å². The minimum Gasteiger partial charge on any atom is -0.481 e. The van der Waals surface area contributed by atoms with E-state index in [1.165, 1.54) is 19.6 Å². The predicted molar refractivity (Wildman–Crippen MR) is 116 cm³/mol. The van der Waals surface area contributed by atoms with Gasteiger partial charge in [-0.2, -0.15) is 13.2 Å². The first kappa shape index (κ1) is 23.1. The van der Waals surface area contributed by atoms with Crippen LogP contribution in [-0.2, 0) is 23.9 Å². The first-order chi connectivity index (χ1) is 15.8. The van der Waals surface area contributed by atoms with Crippen molar-refractivity contribution < 1.29 is 22.7 Å². The quantitative estimate of drug-likeness (QED) is 0.703. The fraction of sp³-hybridized carbons (Fsp3) is 0.545. The van der Waals surface area contributed by atoms with Crippen LogP contribution < -0.4 is 15.0 Å². The summed E-state index contributed by atoms with van der Waals surface area (Å²) in [4.78, 5) is 28.3. The zero-order valence-corrected chi connectivity index (χ0v) is 18.7. The van der Waals surface area contributed by atoms with Crippen molar-refractivity contribution in [2.24, 2.45) is 5.92 Å². The Morgan fingerprint density at radius 3 is 2.82 bits per heavy atom. The molecule has 0 bridgehead atoms. The number of alkyl halides is 3. The number of aromatic nitrogens is 3. The molecule has 1 atom stereocenters. The number of hydrogen-bond donors (Lipinski definition) is 1. The van der Waals surface area contributed by atoms with Crippen molar-refractivity contribution in [2.45, 2.75) is 38.9 Å². The Bertz CT molecular complexity index is 1020. The smallest absolute Gasteiger partial charge is 0.421 e. The first-order valence-electron chi connectivity index (χ1n) is 11.0. The molecular formula is C22H27F3N6O2. The van der Waals surface area contributed by atoms with Gasteiger partial charge < -0.3 is 19.9 Å². The molecule has 4 rings (SSSR count). The van der Waals surface area contributed by atoms with E-state index < -0.39 is 17.6 Å². The van der Waals surface area contributed by atoms with Gasteiger partial charge in [0, 0.05) is 51.1 Å². The number of nitrogens with one attached hydrogen (secondary N) is 1. The highest BCUT2D eigenvalue weighted by atomic mass is 19.4. The lowest BCUT2D eigenvalue weighted by Crippen LogP contribution is -2.33. The summed E-state index contributed by atoms with van der Waals surface area (Å²) in [5, 5.41) is 3.39. The minimum atomic E-state index is -4.56. The van der Waals surface area contributed by atoms with E-state index in [-0.39, 0.29) is 5.91 Å². The number of hydrogen-bond acceptors (Lipinski definition) is 7. The van der Waals surface area contributed by atoms with Gasteiger partial charge in [-0.25, -0.2) is 15.0 Å². The average molecular weight is 464 g/mol. The van der Waals surface area contributed by atoms with E-state index in [9.17, 15) is 18.0 Å². The van der Waals surface area contributed by atoms with Gasteiger partial charge in [-0.3, -0.25) is 4.79 Å². The largest absolute Gasteiger partial charge is 0.481 e. The van der Waals surface area contributed by atoms with Crippen LogP contribution in [0, 0.1) is 5.92 Å². The standard InChI is InChI=1S/C22H27F3N6O2/c1-3-19(32)31-6-4-14(11-31)9-26-20-16-12-30(7-5-18(16)28-13-29-20)15-8-17(22(23,24)25)21(33-2)27-10-15/h8,10,13-14H,3-7,9,11-12H2,1-2H3,(H,26,28,29). The summed E-state index contributed by atoms with van der Waals surface area (Å²) >= 11 is 0. The van der Waals surface area contributed by atoms with Crippen molar-refractivity contribution in [1.82, 2.24) is 19.9 Å². The summed E-state index contributed by atoms with van der Waals surface area (Å²) < 4.78 is 45.1. The highest BCUT2D eigenvalue weighted by molar-refractivity contribution is 5.76. The van der Waals surface area contributed by atoms with Gasteiger partial charge in [0.05, 0.1) is 24.7 Å². The zero-order chi connectivity index (χ0) is 23.6. The van der Waals surface area contributed by atoms with E-state index in [2.05, 4.69) is 20.3 Å². The molecule has 1 saturated heterocycles. The molecule has 178 valence electrons. The molecule has 1 fully saturated rings. The van der Waals surface area contributed by atoms with Gasteiger partial charge in [-0.15, -0.1) is 0 Å². The van der Waals surface area contributed by atoms with Crippen LogP contribution in [0.25, 0.3) is 0 Å². The van der Waals surface area contributed by atoms with Crippen LogP contribution in [0.4, 0.5) is 24.7 Å². The maximum absolute atomic E-state index is 13.4. The Kier molecular flexibility index (Phi) is 6.57. The Hall–Kier alpha value is -3.11. The number of amides is 1. The van der Waals surface area contributed by atoms with E-state index >= 15 is 0 Å². The Morgan fingerprint density at radius 2 is 2.09 bits per heavy atom. The van der Waals surface area contributed by atoms with Gasteiger partial charge >= 0.3 is 6.18 Å². The Morgan fingerprint density at radius 1 is 1.27 bits per heavy atom. The molecule has 2 aromatic rings. The summed E-state index contributed by atoms with van der Waals surface area (Å²) in [5.74, 6) is 0.730. The third-order valence-electron chi connectivity index (χ3n) is 6.20. The monoisotopic (exact) mass is 464 g/mol. The van der Waals surface area contributed by atoms with Crippen molar-refractivity contribution >= 4 is 17.4 Å². The van der Waals surface area contributed by atoms with Gasteiger partial charge in [0.2, 0.25) is 11.8 Å². The van der Waals surface area contributed by atoms with Crippen molar-refractivity contribution in [1.29, 1.82) is 0 Å². The lowest BCUT2D eigenvalue weighted by atomic mass is 10.0. The molecule has 8 nitrogen and oxygen atoms in total. The Labute approximate surface area is 190 Å². The molecule has 0 radical (unpaired) electrons. The second-order valence-corrected chi connectivity index (χ2v) is 8.30. The second kappa shape index (κ2) is 9.40. The fourth-order valence-corrected chi connectivity index (χ4v) is 4.38. The molecule has 0 aliphatic carbocycles. The van der Waals surface area contributed by atoms with E-state index in [0.29, 0.717) is 49.9 Å². The number of nitrogens with zero attached hydrogens (tertiary/aromatic N) is 5. The normalized spacial score (nSPS) is 18.3. The molecular weight excluding hydrogens is 437 g/mol. The molecule has 4 heterocycles. The molecule has 2 aliphatic rings. The van der Waals surface area contributed by atoms with Crippen LogP contribution in [0.15, 0.2) is 18.6 Å². The number of rotatable bonds is 6. The summed E-state index contributed by atoms with van der Waals surface area (Å²) in [6, 6.07) is 1.07. The van der Waals surface area contributed by atoms with Crippen molar-refractivity contribution in [3.63, 3.8) is 0 Å². The van der Waals surface area contributed by atoms with Gasteiger partial charge in [0.25, 0.3) is 0 Å². The number of carbonyl (C=O) groups excluding carboxylic acids is 1. The molecule has 0 spiro atoms. The first-order valence-corrected chi connectivity index (χ1v) is 11.0. The second-order valence-electron chi connectivity index (χ2n) is 8.30. The lowest BCUT2D eigenvalue weighted by molar-refractivity contribution is -0.139. The molecule has 1 amide bonds. The van der Waals surface area contributed by atoms with Crippen LogP contribution in [0.5, 0.6) is 5.88 Å². The SMILES string of the molecule is CCC(=O)N1CCC(CNc2ncnc3c2CN(c2cnc(OC)c(C(F)(F)F)c2)CC3)C1. The van der Waals surface area contributed by atoms with Gasteiger partial charge in [0.15, 0.2) is 0 Å². The topological polar surface area (TPSA) is 83.5 Å². The molecule has 11 heteroatoms. The van der Waals surface area contributed by atoms with Gasteiger partial charge in [-0.05, 0) is 18.4 Å². The number of methoxy groups -OCH3 is 1. The van der Waals surface area contributed by atoms with E-state index in [1.54, 1.807) is 0 Å². The number of carbonyl (C=O) groups is 1. The van der Waals surface area contributed by atoms with Gasteiger partial charge in [0.1, 0.15) is 17.7 Å². The average Bonchev–Trinajstić information content (AvgIpc) is 3.30. The van der Waals surface area contributed by atoms with Crippen LogP contribution in [0.2, 0.25) is 0 Å². The number of halogens is 3. The number of fused-ring (bicyclic) bond motifs is 1. The third kappa shape index (κ3) is 4.96. The zero-order valence-electron chi connectivity index (χ0n) is 18.7. The number of pyridine rings is 1. The maximum atomic E-state index is 13.4. The highest BCUT2D eigenvalue weighted by Crippen LogP contribution is 2.38. The summed E-state index contributed by atoms with van der Waals surface area (Å²) in [6.45, 7) is 4.90. The molecule has 1 unspecified atom stereocenters. The van der Waals surface area contributed by atoms with Crippen LogP contribution >= 0.6 is 0 Å². The fourth-order valence-electron chi connectivity index (χ4n) is 4.38. The molecule has 2 aliphatic heterocycles. The molecule has 0 saturated carbocycles. The molecule has 0 aromatic carbocycles. The van der Waals surface area contributed by atoms with Crippen molar-refractivity contribution in [2.75, 3.05) is 43.5 Å². The number of likely N-dealkylation sites (tertiary alicyclic amines) is 1. The Balaban J connectivity index is 1.49. The van der Waals surface area contributed by atoms with Crippen molar-refractivity contribution in [3.05, 3.63) is 35.4 Å². The summed E-state index contributed by atoms with van der Waals surface area (Å²) in [5.41, 5.74) is 1.22. The number of ether oxygens (including phenoxy) is 1. The van der Waals surface area contributed by atoms with Crippen LogP contribution in [-0.4, -0.2) is 59.0 Å². The van der Waals surface area contributed by atoms with E-state index in [4.69, 9.17) is 4.74 Å². The van der Waals surface area contributed by atoms with E-state index in [1.807, 2.05) is 16.7 Å². The van der Waals surface area contributed by atoms with Crippen LogP contribution in [0.3, 0.4) is 0 Å². The highest BCUT2D eigenvalue weighted by Gasteiger charge is 2.36. The molecule has 1 N–H and O–H groups in total. The van der Waals surface area contributed by atoms with Gasteiger partial charge in [-0.1, -0.05) is 6.92 Å². The van der Waals surface area contributed by atoms with Crippen molar-refractivity contribution in [3.8, 4) is 5.88 Å². The summed E-state index contributed by atoms with van der Waals surface area (Å²) in [6.07, 6.45) is 0.360. The molecule has 2 aromatic heterocycles. The third-order valence-corrected chi connectivity index (χ3v) is 6.20. The van der Waals surface area contributed by atoms with E-state index in [0.717, 1.165) is 36.8 Å². The minimum absolute atomic E-state index is 0.166. The molecule has 33 heavy (non-hydrogen) atoms. The lowest BCUT2D eigenvalue weighted by Gasteiger charge is -2.31. The predicted octanol–water partition coefficient (Wildman–Crippen LogP) is 3.13. The summed E-state index contributed by atoms with van der Waals surface area (Å²) in [7, 11) is 1.17.